The Labute approximate surface area is 129 Å². The van der Waals surface area contributed by atoms with E-state index in [1.165, 1.54) is 12.1 Å². The monoisotopic (exact) mass is 344 g/mol. The molecule has 21 heavy (non-hydrogen) atoms. The van der Waals surface area contributed by atoms with Crippen molar-refractivity contribution in [1.82, 2.24) is 9.78 Å². The molecule has 0 aliphatic rings. The van der Waals surface area contributed by atoms with E-state index in [2.05, 4.69) is 21.0 Å². The molecule has 0 N–H and O–H groups in total. The van der Waals surface area contributed by atoms with Crippen molar-refractivity contribution < 1.29 is 9.18 Å². The van der Waals surface area contributed by atoms with Crippen LogP contribution in [-0.2, 0) is 0 Å². The fraction of sp³-hybridized carbons (Fsp3) is 0. The molecule has 0 bridgehead atoms. The lowest BCUT2D eigenvalue weighted by atomic mass is 10.1. The second kappa shape index (κ2) is 5.61. The zero-order chi connectivity index (χ0) is 14.8. The fourth-order valence-corrected chi connectivity index (χ4v) is 2.30. The van der Waals surface area contributed by atoms with Gasteiger partial charge in [0.1, 0.15) is 11.5 Å². The Hall–Kier alpha value is -2.27. The number of hydrogen-bond acceptors (Lipinski definition) is 2. The molecular weight excluding hydrogens is 335 g/mol. The third kappa shape index (κ3) is 2.78. The van der Waals surface area contributed by atoms with Crippen molar-refractivity contribution >= 4 is 22.2 Å². The zero-order valence-electron chi connectivity index (χ0n) is 10.8. The molecule has 0 amide bonds. The van der Waals surface area contributed by atoms with Gasteiger partial charge in [0.2, 0.25) is 0 Å². The van der Waals surface area contributed by atoms with Crippen LogP contribution in [0.15, 0.2) is 59.2 Å². The number of carbonyl (C=O) groups excluding carboxylic acids is 1. The van der Waals surface area contributed by atoms with E-state index in [-0.39, 0.29) is 5.82 Å². The van der Waals surface area contributed by atoms with Crippen LogP contribution in [0.1, 0.15) is 10.4 Å². The Morgan fingerprint density at radius 3 is 2.33 bits per heavy atom. The van der Waals surface area contributed by atoms with E-state index in [9.17, 15) is 9.18 Å². The Kier molecular flexibility index (Phi) is 3.66. The van der Waals surface area contributed by atoms with Crippen LogP contribution in [0, 0.1) is 5.82 Å². The van der Waals surface area contributed by atoms with E-state index in [1.54, 1.807) is 23.0 Å². The molecule has 104 valence electrons. The Morgan fingerprint density at radius 1 is 1.05 bits per heavy atom. The van der Waals surface area contributed by atoms with Crippen molar-refractivity contribution in [3.63, 3.8) is 0 Å². The molecule has 0 aliphatic carbocycles. The largest absolute Gasteiger partial charge is 0.298 e. The van der Waals surface area contributed by atoms with Gasteiger partial charge in [0, 0.05) is 16.2 Å². The lowest BCUT2D eigenvalue weighted by Gasteiger charge is -2.01. The Balaban J connectivity index is 2.08. The van der Waals surface area contributed by atoms with Crippen LogP contribution in [0.3, 0.4) is 0 Å². The summed E-state index contributed by atoms with van der Waals surface area (Å²) in [7, 11) is 0. The number of benzene rings is 2. The van der Waals surface area contributed by atoms with E-state index in [4.69, 9.17) is 0 Å². The van der Waals surface area contributed by atoms with E-state index < -0.39 is 0 Å². The molecule has 0 atom stereocenters. The van der Waals surface area contributed by atoms with Crippen LogP contribution < -0.4 is 0 Å². The van der Waals surface area contributed by atoms with Crippen LogP contribution in [0.25, 0.3) is 16.9 Å². The molecule has 5 heteroatoms. The number of carbonyl (C=O) groups is 1. The predicted octanol–water partition coefficient (Wildman–Crippen LogP) is 4.25. The van der Waals surface area contributed by atoms with Gasteiger partial charge < -0.3 is 0 Å². The van der Waals surface area contributed by atoms with Crippen molar-refractivity contribution in [1.29, 1.82) is 0 Å². The van der Waals surface area contributed by atoms with E-state index >= 15 is 0 Å². The van der Waals surface area contributed by atoms with E-state index in [1.807, 2.05) is 24.3 Å². The summed E-state index contributed by atoms with van der Waals surface area (Å²) in [4.78, 5) is 11.2. The molecule has 0 saturated heterocycles. The topological polar surface area (TPSA) is 34.9 Å². The molecule has 3 aromatic rings. The molecule has 2 aromatic carbocycles. The first-order valence-corrected chi connectivity index (χ1v) is 7.03. The van der Waals surface area contributed by atoms with Gasteiger partial charge in [-0.25, -0.2) is 9.07 Å². The van der Waals surface area contributed by atoms with Gasteiger partial charge >= 0.3 is 0 Å². The number of aldehydes is 1. The summed E-state index contributed by atoms with van der Waals surface area (Å²) in [5, 5.41) is 4.43. The van der Waals surface area contributed by atoms with Gasteiger partial charge in [-0.3, -0.25) is 4.79 Å². The maximum atomic E-state index is 13.0. The van der Waals surface area contributed by atoms with Gasteiger partial charge in [0.25, 0.3) is 0 Å². The number of rotatable bonds is 3. The number of nitrogens with zero attached hydrogens (tertiary/aromatic N) is 2. The minimum absolute atomic E-state index is 0.311. The lowest BCUT2D eigenvalue weighted by molar-refractivity contribution is 0.112. The standard InChI is InChI=1S/C16H10BrFN2O/c17-13-3-1-11(2-4-13)16-12(10-21)9-20(19-16)15-7-5-14(18)6-8-15/h1-10H. The highest BCUT2D eigenvalue weighted by molar-refractivity contribution is 9.10. The molecular formula is C16H10BrFN2O. The first-order valence-electron chi connectivity index (χ1n) is 6.24. The van der Waals surface area contributed by atoms with Crippen LogP contribution in [-0.4, -0.2) is 16.1 Å². The summed E-state index contributed by atoms with van der Waals surface area (Å²) in [6.07, 6.45) is 2.40. The zero-order valence-corrected chi connectivity index (χ0v) is 12.4. The molecule has 1 heterocycles. The van der Waals surface area contributed by atoms with Crippen molar-refractivity contribution in [2.24, 2.45) is 0 Å². The second-order valence-electron chi connectivity index (χ2n) is 4.48. The molecule has 0 fully saturated rings. The van der Waals surface area contributed by atoms with E-state index in [0.29, 0.717) is 16.9 Å². The van der Waals surface area contributed by atoms with Crippen molar-refractivity contribution in [3.8, 4) is 16.9 Å². The first-order chi connectivity index (χ1) is 10.2. The average Bonchev–Trinajstić information content (AvgIpc) is 2.93. The number of aromatic nitrogens is 2. The summed E-state index contributed by atoms with van der Waals surface area (Å²) < 4.78 is 15.5. The molecule has 3 rings (SSSR count). The second-order valence-corrected chi connectivity index (χ2v) is 5.39. The minimum Gasteiger partial charge on any atom is -0.298 e. The highest BCUT2D eigenvalue weighted by atomic mass is 79.9. The minimum atomic E-state index is -0.311. The summed E-state index contributed by atoms with van der Waals surface area (Å²) in [5.41, 5.74) is 2.63. The highest BCUT2D eigenvalue weighted by Crippen LogP contribution is 2.24. The van der Waals surface area contributed by atoms with Gasteiger partial charge in [-0.05, 0) is 36.4 Å². The Morgan fingerprint density at radius 2 is 1.71 bits per heavy atom. The lowest BCUT2D eigenvalue weighted by Crippen LogP contribution is -1.94. The molecule has 0 radical (unpaired) electrons. The molecule has 1 aromatic heterocycles. The maximum absolute atomic E-state index is 13.0. The van der Waals surface area contributed by atoms with Crippen LogP contribution in [0.2, 0.25) is 0 Å². The number of hydrogen-bond donors (Lipinski definition) is 0. The van der Waals surface area contributed by atoms with Crippen molar-refractivity contribution in [3.05, 3.63) is 70.6 Å². The molecule has 0 aliphatic heterocycles. The Bertz CT molecular complexity index is 779. The summed E-state index contributed by atoms with van der Waals surface area (Å²) in [5.74, 6) is -0.311. The van der Waals surface area contributed by atoms with Gasteiger partial charge in [-0.2, -0.15) is 5.10 Å². The summed E-state index contributed by atoms with van der Waals surface area (Å²) in [6, 6.07) is 13.5. The normalized spacial score (nSPS) is 10.6. The molecule has 0 unspecified atom stereocenters. The third-order valence-electron chi connectivity index (χ3n) is 3.08. The van der Waals surface area contributed by atoms with Crippen molar-refractivity contribution in [2.75, 3.05) is 0 Å². The quantitative estimate of drug-likeness (QED) is 0.665. The maximum Gasteiger partial charge on any atom is 0.153 e. The van der Waals surface area contributed by atoms with Crippen LogP contribution in [0.4, 0.5) is 4.39 Å². The smallest absolute Gasteiger partial charge is 0.153 e. The third-order valence-corrected chi connectivity index (χ3v) is 3.61. The number of halogens is 2. The van der Waals surface area contributed by atoms with Crippen molar-refractivity contribution in [2.45, 2.75) is 0 Å². The van der Waals surface area contributed by atoms with Gasteiger partial charge in [-0.15, -0.1) is 0 Å². The van der Waals surface area contributed by atoms with Crippen LogP contribution in [0.5, 0.6) is 0 Å². The summed E-state index contributed by atoms with van der Waals surface area (Å²) in [6.45, 7) is 0. The SMILES string of the molecule is O=Cc1cn(-c2ccc(F)cc2)nc1-c1ccc(Br)cc1. The first kappa shape index (κ1) is 13.7. The molecule has 3 nitrogen and oxygen atoms in total. The fourth-order valence-electron chi connectivity index (χ4n) is 2.03. The average molecular weight is 345 g/mol. The van der Waals surface area contributed by atoms with Gasteiger partial charge in [0.15, 0.2) is 6.29 Å². The molecule has 0 spiro atoms. The summed E-state index contributed by atoms with van der Waals surface area (Å²) >= 11 is 3.37. The van der Waals surface area contributed by atoms with Gasteiger partial charge in [-0.1, -0.05) is 28.1 Å². The molecule has 0 saturated carbocycles. The highest BCUT2D eigenvalue weighted by Gasteiger charge is 2.11. The van der Waals surface area contributed by atoms with Gasteiger partial charge in [0.05, 0.1) is 11.3 Å². The predicted molar refractivity (Wildman–Crippen MR) is 82.0 cm³/mol. The van der Waals surface area contributed by atoms with E-state index in [0.717, 1.165) is 16.3 Å². The van der Waals surface area contributed by atoms with Crippen LogP contribution >= 0.6 is 15.9 Å².